The van der Waals surface area contributed by atoms with Gasteiger partial charge in [-0.1, -0.05) is 12.1 Å². The quantitative estimate of drug-likeness (QED) is 0.686. The Labute approximate surface area is 130 Å². The number of hydrogen-bond acceptors (Lipinski definition) is 4. The number of quaternary nitrogens is 1. The zero-order valence-electron chi connectivity index (χ0n) is 12.8. The van der Waals surface area contributed by atoms with Crippen molar-refractivity contribution in [2.75, 3.05) is 20.1 Å². The summed E-state index contributed by atoms with van der Waals surface area (Å²) in [4.78, 5) is 4.07. The number of aromatic nitrogens is 1. The second-order valence-corrected chi connectivity index (χ2v) is 6.14. The molecule has 0 atom stereocenters. The summed E-state index contributed by atoms with van der Waals surface area (Å²) >= 11 is 0. The minimum atomic E-state index is 0.169. The largest absolute Gasteiger partial charge is 0.506 e. The Hall–Kier alpha value is -2.27. The third-order valence-corrected chi connectivity index (χ3v) is 4.16. The van der Waals surface area contributed by atoms with Crippen LogP contribution >= 0.6 is 0 Å². The molecule has 0 amide bonds. The second kappa shape index (κ2) is 6.23. The van der Waals surface area contributed by atoms with Crippen molar-refractivity contribution in [1.29, 1.82) is 0 Å². The highest BCUT2D eigenvalue weighted by atomic mass is 16.3. The molecule has 1 saturated heterocycles. The maximum atomic E-state index is 10.1. The van der Waals surface area contributed by atoms with Crippen molar-refractivity contribution in [1.82, 2.24) is 4.98 Å². The second-order valence-electron chi connectivity index (χ2n) is 6.14. The van der Waals surface area contributed by atoms with E-state index in [4.69, 9.17) is 0 Å². The van der Waals surface area contributed by atoms with E-state index in [0.29, 0.717) is 11.5 Å². The molecule has 3 rings (SSSR count). The van der Waals surface area contributed by atoms with Crippen molar-refractivity contribution in [3.8, 4) is 5.75 Å². The Bertz CT molecular complexity index is 664. The first-order chi connectivity index (χ1) is 10.6. The molecule has 1 aliphatic rings. The number of aromatic hydroxyl groups is 1. The third-order valence-electron chi connectivity index (χ3n) is 4.16. The molecule has 0 unspecified atom stereocenters. The number of phenols is 1. The van der Waals surface area contributed by atoms with Crippen LogP contribution in [0.2, 0.25) is 0 Å². The lowest BCUT2D eigenvalue weighted by molar-refractivity contribution is -0.910. The molecule has 1 fully saturated rings. The zero-order valence-corrected chi connectivity index (χ0v) is 12.8. The van der Waals surface area contributed by atoms with Crippen LogP contribution in [-0.4, -0.2) is 34.7 Å². The van der Waals surface area contributed by atoms with Crippen molar-refractivity contribution in [2.45, 2.75) is 19.4 Å². The van der Waals surface area contributed by atoms with E-state index in [0.717, 1.165) is 16.6 Å². The van der Waals surface area contributed by atoms with E-state index in [1.54, 1.807) is 18.3 Å². The van der Waals surface area contributed by atoms with Crippen molar-refractivity contribution in [3.05, 3.63) is 48.2 Å². The maximum absolute atomic E-state index is 10.1. The average molecular weight is 297 g/mol. The normalized spacial score (nSPS) is 17.1. The standard InChI is InChI=1S/C17H20N4O/c1-21(10-4-5-11-21)13-14-7-8-15(16(22)12-14)19-20-17-6-2-3-9-18-17/h2-3,6-9,12H,4-5,10-11,13H2,1H3/p+1. The third kappa shape index (κ3) is 3.49. The van der Waals surface area contributed by atoms with Crippen LogP contribution in [0.4, 0.5) is 11.5 Å². The number of nitrogens with zero attached hydrogens (tertiary/aromatic N) is 4. The fourth-order valence-corrected chi connectivity index (χ4v) is 2.97. The molecule has 5 nitrogen and oxygen atoms in total. The van der Waals surface area contributed by atoms with Gasteiger partial charge < -0.3 is 9.59 Å². The topological polar surface area (TPSA) is 57.8 Å². The first-order valence-corrected chi connectivity index (χ1v) is 7.63. The van der Waals surface area contributed by atoms with Gasteiger partial charge in [-0.05, 0) is 24.3 Å². The van der Waals surface area contributed by atoms with Gasteiger partial charge in [0.25, 0.3) is 0 Å². The summed E-state index contributed by atoms with van der Waals surface area (Å²) in [5.41, 5.74) is 1.61. The lowest BCUT2D eigenvalue weighted by Gasteiger charge is -2.29. The van der Waals surface area contributed by atoms with Crippen LogP contribution in [0.1, 0.15) is 18.4 Å². The molecule has 1 N–H and O–H groups in total. The number of rotatable bonds is 4. The Morgan fingerprint density at radius 1 is 1.14 bits per heavy atom. The summed E-state index contributed by atoms with van der Waals surface area (Å²) in [6, 6.07) is 11.1. The zero-order chi connectivity index (χ0) is 15.4. The number of hydrogen-bond donors (Lipinski definition) is 1. The van der Waals surface area contributed by atoms with Gasteiger partial charge in [-0.25, -0.2) is 4.98 Å². The average Bonchev–Trinajstić information content (AvgIpc) is 2.94. The van der Waals surface area contributed by atoms with E-state index in [9.17, 15) is 5.11 Å². The Morgan fingerprint density at radius 2 is 1.95 bits per heavy atom. The summed E-state index contributed by atoms with van der Waals surface area (Å²) in [6.07, 6.45) is 4.25. The minimum absolute atomic E-state index is 0.169. The first kappa shape index (κ1) is 14.7. The van der Waals surface area contributed by atoms with Gasteiger partial charge in [0.15, 0.2) is 5.82 Å². The van der Waals surface area contributed by atoms with Gasteiger partial charge in [-0.3, -0.25) is 0 Å². The Morgan fingerprint density at radius 3 is 2.64 bits per heavy atom. The lowest BCUT2D eigenvalue weighted by atomic mass is 10.1. The summed E-state index contributed by atoms with van der Waals surface area (Å²) in [5, 5.41) is 18.3. The minimum Gasteiger partial charge on any atom is -0.506 e. The van der Waals surface area contributed by atoms with E-state index >= 15 is 0 Å². The highest BCUT2D eigenvalue weighted by Gasteiger charge is 2.27. The summed E-state index contributed by atoms with van der Waals surface area (Å²) in [6.45, 7) is 3.37. The van der Waals surface area contributed by atoms with Crippen molar-refractivity contribution < 1.29 is 9.59 Å². The molecule has 1 aliphatic heterocycles. The Kier molecular flexibility index (Phi) is 4.15. The van der Waals surface area contributed by atoms with Crippen molar-refractivity contribution >= 4 is 11.5 Å². The van der Waals surface area contributed by atoms with Gasteiger partial charge in [0.2, 0.25) is 0 Å². The van der Waals surface area contributed by atoms with Gasteiger partial charge in [0.1, 0.15) is 18.0 Å². The van der Waals surface area contributed by atoms with Gasteiger partial charge >= 0.3 is 0 Å². The number of azo groups is 1. The molecule has 1 aromatic heterocycles. The van der Waals surface area contributed by atoms with E-state index in [2.05, 4.69) is 22.3 Å². The molecule has 2 aromatic rings. The van der Waals surface area contributed by atoms with E-state index in [1.807, 2.05) is 24.3 Å². The molecule has 2 heterocycles. The van der Waals surface area contributed by atoms with Crippen molar-refractivity contribution in [3.63, 3.8) is 0 Å². The van der Waals surface area contributed by atoms with Crippen LogP contribution in [-0.2, 0) is 6.54 Å². The lowest BCUT2D eigenvalue weighted by Crippen LogP contribution is -2.39. The first-order valence-electron chi connectivity index (χ1n) is 7.63. The Balaban J connectivity index is 1.73. The van der Waals surface area contributed by atoms with Gasteiger partial charge in [-0.2, -0.15) is 0 Å². The molecule has 5 heteroatoms. The predicted molar refractivity (Wildman–Crippen MR) is 85.4 cm³/mol. The molecular weight excluding hydrogens is 276 g/mol. The monoisotopic (exact) mass is 297 g/mol. The number of pyridine rings is 1. The fourth-order valence-electron chi connectivity index (χ4n) is 2.97. The van der Waals surface area contributed by atoms with Crippen LogP contribution in [0.25, 0.3) is 0 Å². The van der Waals surface area contributed by atoms with Crippen LogP contribution in [0.15, 0.2) is 52.8 Å². The summed E-state index contributed by atoms with van der Waals surface area (Å²) in [7, 11) is 2.28. The smallest absolute Gasteiger partial charge is 0.174 e. The van der Waals surface area contributed by atoms with E-state index < -0.39 is 0 Å². The fraction of sp³-hybridized carbons (Fsp3) is 0.353. The van der Waals surface area contributed by atoms with E-state index in [-0.39, 0.29) is 5.75 Å². The molecule has 0 aliphatic carbocycles. The number of phenolic OH excluding ortho intramolecular Hbond substituents is 1. The highest BCUT2D eigenvalue weighted by Crippen LogP contribution is 2.30. The molecule has 1 aromatic carbocycles. The number of benzene rings is 1. The van der Waals surface area contributed by atoms with Gasteiger partial charge in [0, 0.05) is 24.6 Å². The van der Waals surface area contributed by atoms with Crippen molar-refractivity contribution in [2.24, 2.45) is 10.2 Å². The highest BCUT2D eigenvalue weighted by molar-refractivity contribution is 5.52. The van der Waals surface area contributed by atoms with E-state index in [1.165, 1.54) is 25.9 Å². The molecule has 22 heavy (non-hydrogen) atoms. The van der Waals surface area contributed by atoms with Crippen LogP contribution in [0.3, 0.4) is 0 Å². The van der Waals surface area contributed by atoms with Crippen LogP contribution in [0.5, 0.6) is 5.75 Å². The van der Waals surface area contributed by atoms with Crippen LogP contribution in [0, 0.1) is 0 Å². The summed E-state index contributed by atoms with van der Waals surface area (Å²) in [5.74, 6) is 0.698. The van der Waals surface area contributed by atoms with Gasteiger partial charge in [-0.15, -0.1) is 10.2 Å². The summed E-state index contributed by atoms with van der Waals surface area (Å²) < 4.78 is 1.05. The molecule has 114 valence electrons. The maximum Gasteiger partial charge on any atom is 0.174 e. The predicted octanol–water partition coefficient (Wildman–Crippen LogP) is 3.94. The van der Waals surface area contributed by atoms with Gasteiger partial charge in [0.05, 0.1) is 20.1 Å². The van der Waals surface area contributed by atoms with Crippen LogP contribution < -0.4 is 0 Å². The molecule has 0 saturated carbocycles. The molecule has 0 radical (unpaired) electrons. The SMILES string of the molecule is C[N+]1(Cc2ccc(N=Nc3ccccn3)c(O)c2)CCCC1. The number of likely N-dealkylation sites (tertiary alicyclic amines) is 1. The molecule has 0 bridgehead atoms. The molecule has 0 spiro atoms. The molecular formula is C17H21N4O+.